The lowest BCUT2D eigenvalue weighted by atomic mass is 9.84. The largest absolute Gasteiger partial charge is 0.391 e. The maximum absolute atomic E-state index is 13.6. The van der Waals surface area contributed by atoms with Gasteiger partial charge >= 0.3 is 0 Å². The fourth-order valence-corrected chi connectivity index (χ4v) is 5.26. The SMILES string of the molecule is Cc1ncsc1-c1ccc([C@H](C)NC(=O)[C@@H]2C[C@@H](O)CN2C(=O)C(NC(C)(C)C)C(C)(C)C)cc1. The summed E-state index contributed by atoms with van der Waals surface area (Å²) in [6.45, 7) is 16.2. The van der Waals surface area contributed by atoms with E-state index in [2.05, 4.69) is 15.6 Å². The smallest absolute Gasteiger partial charge is 0.243 e. The highest BCUT2D eigenvalue weighted by molar-refractivity contribution is 7.13. The summed E-state index contributed by atoms with van der Waals surface area (Å²) in [4.78, 5) is 33.9. The van der Waals surface area contributed by atoms with Crippen LogP contribution in [0.2, 0.25) is 0 Å². The van der Waals surface area contributed by atoms with Gasteiger partial charge in [-0.3, -0.25) is 9.59 Å². The highest BCUT2D eigenvalue weighted by Gasteiger charge is 2.44. The predicted molar refractivity (Wildman–Crippen MR) is 141 cm³/mol. The Balaban J connectivity index is 1.73. The average molecular weight is 501 g/mol. The van der Waals surface area contributed by atoms with E-state index in [4.69, 9.17) is 0 Å². The van der Waals surface area contributed by atoms with Gasteiger partial charge in [0.15, 0.2) is 0 Å². The molecule has 3 rings (SSSR count). The highest BCUT2D eigenvalue weighted by Crippen LogP contribution is 2.30. The number of carbonyl (C=O) groups excluding carboxylic acids is 2. The molecule has 1 fully saturated rings. The van der Waals surface area contributed by atoms with Crippen molar-refractivity contribution < 1.29 is 14.7 Å². The molecular formula is C27H40N4O3S. The summed E-state index contributed by atoms with van der Waals surface area (Å²) < 4.78 is 0. The van der Waals surface area contributed by atoms with Crippen molar-refractivity contribution in [2.24, 2.45) is 5.41 Å². The number of aliphatic hydroxyl groups is 1. The van der Waals surface area contributed by atoms with Crippen LogP contribution in [-0.4, -0.2) is 57.1 Å². The third-order valence-electron chi connectivity index (χ3n) is 6.33. The van der Waals surface area contributed by atoms with Crippen molar-refractivity contribution in [1.29, 1.82) is 0 Å². The van der Waals surface area contributed by atoms with Crippen molar-refractivity contribution in [3.05, 3.63) is 41.0 Å². The first-order valence-corrected chi connectivity index (χ1v) is 13.1. The van der Waals surface area contributed by atoms with Crippen LogP contribution in [0, 0.1) is 12.3 Å². The molecule has 2 heterocycles. The molecule has 7 nitrogen and oxygen atoms in total. The zero-order valence-corrected chi connectivity index (χ0v) is 23.0. The van der Waals surface area contributed by atoms with Crippen molar-refractivity contribution in [1.82, 2.24) is 20.5 Å². The zero-order valence-electron chi connectivity index (χ0n) is 22.2. The van der Waals surface area contributed by atoms with E-state index in [-0.39, 0.29) is 41.8 Å². The number of β-amino-alcohol motifs (C(OH)–C–C–N with tert-alkyl or cyclic N) is 1. The average Bonchev–Trinajstić information content (AvgIpc) is 3.35. The molecule has 3 N–H and O–H groups in total. The summed E-state index contributed by atoms with van der Waals surface area (Å²) in [6.07, 6.45) is -0.484. The number of hydrogen-bond donors (Lipinski definition) is 3. The van der Waals surface area contributed by atoms with Gasteiger partial charge in [-0.1, -0.05) is 45.0 Å². The van der Waals surface area contributed by atoms with E-state index in [1.807, 2.05) is 85.2 Å². The molecule has 1 aromatic heterocycles. The molecule has 2 aromatic rings. The Morgan fingerprint density at radius 1 is 1.14 bits per heavy atom. The van der Waals surface area contributed by atoms with Gasteiger partial charge in [0.05, 0.1) is 34.3 Å². The van der Waals surface area contributed by atoms with Crippen molar-refractivity contribution >= 4 is 23.2 Å². The first-order chi connectivity index (χ1) is 16.2. The molecular weight excluding hydrogens is 460 g/mol. The van der Waals surface area contributed by atoms with Gasteiger partial charge in [-0.05, 0) is 51.2 Å². The van der Waals surface area contributed by atoms with Crippen molar-refractivity contribution in [2.45, 2.75) is 91.6 Å². The minimum absolute atomic E-state index is 0.152. The number of nitrogens with one attached hydrogen (secondary N) is 2. The molecule has 1 aliphatic heterocycles. The number of hydrogen-bond acceptors (Lipinski definition) is 6. The minimum atomic E-state index is -0.720. The zero-order chi connectivity index (χ0) is 26.1. The van der Waals surface area contributed by atoms with Crippen molar-refractivity contribution in [3.8, 4) is 10.4 Å². The number of amides is 2. The van der Waals surface area contributed by atoms with E-state index in [0.717, 1.165) is 21.7 Å². The molecule has 8 heteroatoms. The van der Waals surface area contributed by atoms with Crippen LogP contribution < -0.4 is 10.6 Å². The van der Waals surface area contributed by atoms with Gasteiger partial charge in [0, 0.05) is 18.5 Å². The standard InChI is InChI=1S/C27H40N4O3S/c1-16(18-9-11-19(12-10-18)22-17(2)28-15-35-22)29-24(33)21-13-20(32)14-31(21)25(34)23(26(3,4)5)30-27(6,7)8/h9-12,15-16,20-21,23,30,32H,13-14H2,1-8H3,(H,29,33)/t16-,20+,21-,23?/m0/s1. The molecule has 4 atom stereocenters. The molecule has 0 radical (unpaired) electrons. The lowest BCUT2D eigenvalue weighted by Gasteiger charge is -2.39. The van der Waals surface area contributed by atoms with Crippen LogP contribution in [0.15, 0.2) is 29.8 Å². The van der Waals surface area contributed by atoms with Gasteiger partial charge in [0.2, 0.25) is 11.8 Å². The third-order valence-corrected chi connectivity index (χ3v) is 7.31. The number of benzene rings is 1. The second-order valence-electron chi connectivity index (χ2n) is 11.7. The van der Waals surface area contributed by atoms with Crippen molar-refractivity contribution in [3.63, 3.8) is 0 Å². The highest BCUT2D eigenvalue weighted by atomic mass is 32.1. The Labute approximate surface area is 213 Å². The predicted octanol–water partition coefficient (Wildman–Crippen LogP) is 4.06. The number of aromatic nitrogens is 1. The first kappa shape index (κ1) is 27.3. The Hall–Kier alpha value is -2.29. The Kier molecular flexibility index (Phi) is 8.09. The molecule has 35 heavy (non-hydrogen) atoms. The number of aliphatic hydroxyl groups excluding tert-OH is 1. The number of likely N-dealkylation sites (tertiary alicyclic amines) is 1. The maximum Gasteiger partial charge on any atom is 0.243 e. The van der Waals surface area contributed by atoms with Crippen LogP contribution in [-0.2, 0) is 9.59 Å². The monoisotopic (exact) mass is 500 g/mol. The van der Waals surface area contributed by atoms with Crippen LogP contribution in [0.3, 0.4) is 0 Å². The molecule has 0 bridgehead atoms. The van der Waals surface area contributed by atoms with E-state index in [1.54, 1.807) is 16.2 Å². The number of carbonyl (C=O) groups is 2. The minimum Gasteiger partial charge on any atom is -0.391 e. The van der Waals surface area contributed by atoms with E-state index in [9.17, 15) is 14.7 Å². The number of nitrogens with zero attached hydrogens (tertiary/aromatic N) is 2. The van der Waals surface area contributed by atoms with Gasteiger partial charge in [0.25, 0.3) is 0 Å². The Morgan fingerprint density at radius 2 is 1.77 bits per heavy atom. The Bertz CT molecular complexity index is 1040. The third kappa shape index (κ3) is 6.68. The van der Waals surface area contributed by atoms with E-state index in [0.29, 0.717) is 0 Å². The van der Waals surface area contributed by atoms with Crippen molar-refractivity contribution in [2.75, 3.05) is 6.54 Å². The molecule has 0 spiro atoms. The van der Waals surface area contributed by atoms with E-state index >= 15 is 0 Å². The molecule has 1 aliphatic rings. The number of aryl methyl sites for hydroxylation is 1. The molecule has 2 amide bonds. The summed E-state index contributed by atoms with van der Waals surface area (Å²) in [5.41, 5.74) is 4.28. The summed E-state index contributed by atoms with van der Waals surface area (Å²) in [5, 5.41) is 16.9. The molecule has 1 saturated heterocycles. The van der Waals surface area contributed by atoms with Gasteiger partial charge < -0.3 is 20.6 Å². The van der Waals surface area contributed by atoms with Crippen LogP contribution in [0.4, 0.5) is 0 Å². The van der Waals surface area contributed by atoms with E-state index < -0.39 is 18.2 Å². The molecule has 0 saturated carbocycles. The summed E-state index contributed by atoms with van der Waals surface area (Å²) in [7, 11) is 0. The second-order valence-corrected chi connectivity index (χ2v) is 12.6. The fraction of sp³-hybridized carbons (Fsp3) is 0.593. The summed E-state index contributed by atoms with van der Waals surface area (Å²) in [5.74, 6) is -0.394. The van der Waals surface area contributed by atoms with E-state index in [1.165, 1.54) is 0 Å². The molecule has 1 unspecified atom stereocenters. The normalized spacial score (nSPS) is 20.5. The molecule has 192 valence electrons. The van der Waals surface area contributed by atoms with Gasteiger partial charge in [0.1, 0.15) is 6.04 Å². The number of rotatable bonds is 6. The molecule has 0 aliphatic carbocycles. The topological polar surface area (TPSA) is 94.6 Å². The summed E-state index contributed by atoms with van der Waals surface area (Å²) in [6, 6.07) is 6.68. The maximum atomic E-state index is 13.6. The van der Waals surface area contributed by atoms with Crippen LogP contribution in [0.25, 0.3) is 10.4 Å². The van der Waals surface area contributed by atoms with Crippen LogP contribution >= 0.6 is 11.3 Å². The quantitative estimate of drug-likeness (QED) is 0.556. The molecule has 1 aromatic carbocycles. The van der Waals surface area contributed by atoms with Crippen LogP contribution in [0.5, 0.6) is 0 Å². The second kappa shape index (κ2) is 10.4. The van der Waals surface area contributed by atoms with Gasteiger partial charge in [-0.15, -0.1) is 11.3 Å². The lowest BCUT2D eigenvalue weighted by molar-refractivity contribution is -0.143. The van der Waals surface area contributed by atoms with Crippen LogP contribution in [0.1, 0.15) is 72.2 Å². The van der Waals surface area contributed by atoms with Gasteiger partial charge in [-0.25, -0.2) is 4.98 Å². The summed E-state index contributed by atoms with van der Waals surface area (Å²) >= 11 is 1.61. The lowest BCUT2D eigenvalue weighted by Crippen LogP contribution is -2.60. The van der Waals surface area contributed by atoms with Gasteiger partial charge in [-0.2, -0.15) is 0 Å². The fourth-order valence-electron chi connectivity index (χ4n) is 4.45. The number of thiazole rings is 1. The Morgan fingerprint density at radius 3 is 2.29 bits per heavy atom. The first-order valence-electron chi connectivity index (χ1n) is 12.2.